The molecule has 0 amide bonds. The Kier molecular flexibility index (Phi) is 2.68. The summed E-state index contributed by atoms with van der Waals surface area (Å²) < 4.78 is 48.0. The zero-order chi connectivity index (χ0) is 9.14. The summed E-state index contributed by atoms with van der Waals surface area (Å²) in [6, 6.07) is 0. The van der Waals surface area contributed by atoms with Crippen molar-refractivity contribution in [2.45, 2.75) is 12.8 Å². The largest absolute Gasteiger partial charge is 0.274 e. The minimum absolute atomic E-state index is 0.102. The molecule has 0 saturated heterocycles. The van der Waals surface area contributed by atoms with Crippen molar-refractivity contribution in [2.24, 2.45) is 0 Å². The molecule has 1 rings (SSSR count). The fourth-order valence-corrected chi connectivity index (χ4v) is 1.03. The predicted octanol–water partition coefficient (Wildman–Crippen LogP) is 3.64. The Morgan fingerprint density at radius 1 is 0.833 bits per heavy atom. The fraction of sp³-hybridized carbons (Fsp3) is 0.250. The molecule has 0 aromatic heterocycles. The average Bonchev–Trinajstić information content (AvgIpc) is 2.04. The van der Waals surface area contributed by atoms with Gasteiger partial charge in [0.1, 0.15) is 0 Å². The molecular formula is C8H6F4. The molecule has 12 heavy (non-hydrogen) atoms. The number of halogens is 4. The first-order valence-corrected chi connectivity index (χ1v) is 3.36. The first-order valence-electron chi connectivity index (χ1n) is 3.36. The van der Waals surface area contributed by atoms with Gasteiger partial charge in [0, 0.05) is 11.1 Å². The van der Waals surface area contributed by atoms with Crippen LogP contribution in [0.5, 0.6) is 0 Å². The maximum absolute atomic E-state index is 12.0. The van der Waals surface area contributed by atoms with E-state index in [1.165, 1.54) is 12.2 Å². The molecule has 0 aromatic rings. The lowest BCUT2D eigenvalue weighted by molar-refractivity contribution is 0.393. The minimum Gasteiger partial charge on any atom is -0.173 e. The van der Waals surface area contributed by atoms with E-state index in [0.29, 0.717) is 0 Å². The van der Waals surface area contributed by atoms with Gasteiger partial charge in [-0.05, 0) is 12.8 Å². The molecular weight excluding hydrogens is 172 g/mol. The molecule has 0 saturated carbocycles. The molecule has 0 aliphatic heterocycles. The monoisotopic (exact) mass is 178 g/mol. The molecule has 1 aliphatic rings. The summed E-state index contributed by atoms with van der Waals surface area (Å²) in [5.41, 5.74) is -1.06. The van der Waals surface area contributed by atoms with Crippen LogP contribution in [0.25, 0.3) is 0 Å². The van der Waals surface area contributed by atoms with Crippen LogP contribution in [-0.2, 0) is 0 Å². The second-order valence-electron chi connectivity index (χ2n) is 2.36. The van der Waals surface area contributed by atoms with Crippen molar-refractivity contribution in [1.29, 1.82) is 0 Å². The molecule has 0 heterocycles. The zero-order valence-electron chi connectivity index (χ0n) is 6.08. The number of hydrogen-bond acceptors (Lipinski definition) is 0. The van der Waals surface area contributed by atoms with E-state index in [2.05, 4.69) is 0 Å². The SMILES string of the molecule is FC(F)=C1CC=CCC1=C(F)F. The second-order valence-corrected chi connectivity index (χ2v) is 2.36. The topological polar surface area (TPSA) is 0 Å². The zero-order valence-corrected chi connectivity index (χ0v) is 6.08. The summed E-state index contributed by atoms with van der Waals surface area (Å²) in [6.45, 7) is 0. The van der Waals surface area contributed by atoms with Crippen LogP contribution in [0.4, 0.5) is 17.6 Å². The van der Waals surface area contributed by atoms with E-state index in [1.54, 1.807) is 0 Å². The molecule has 0 atom stereocenters. The lowest BCUT2D eigenvalue weighted by Gasteiger charge is -2.10. The van der Waals surface area contributed by atoms with Crippen LogP contribution >= 0.6 is 0 Å². The van der Waals surface area contributed by atoms with Crippen molar-refractivity contribution in [3.8, 4) is 0 Å². The Morgan fingerprint density at radius 3 is 1.42 bits per heavy atom. The van der Waals surface area contributed by atoms with Crippen LogP contribution in [0.15, 0.2) is 35.5 Å². The van der Waals surface area contributed by atoms with E-state index >= 15 is 0 Å². The van der Waals surface area contributed by atoms with Gasteiger partial charge in [-0.2, -0.15) is 17.6 Å². The summed E-state index contributed by atoms with van der Waals surface area (Å²) in [4.78, 5) is 0. The first-order chi connectivity index (χ1) is 5.63. The number of rotatable bonds is 0. The number of allylic oxidation sites excluding steroid dienone is 4. The van der Waals surface area contributed by atoms with Gasteiger partial charge in [-0.1, -0.05) is 12.2 Å². The molecule has 0 aromatic carbocycles. The van der Waals surface area contributed by atoms with Gasteiger partial charge in [-0.3, -0.25) is 0 Å². The summed E-state index contributed by atoms with van der Waals surface area (Å²) in [6.07, 6.45) is -1.31. The third-order valence-corrected chi connectivity index (χ3v) is 1.63. The molecule has 0 unspecified atom stereocenters. The summed E-state index contributed by atoms with van der Waals surface area (Å²) in [7, 11) is 0. The Bertz CT molecular complexity index is 237. The van der Waals surface area contributed by atoms with Crippen LogP contribution in [0.3, 0.4) is 0 Å². The first kappa shape index (κ1) is 9.03. The smallest absolute Gasteiger partial charge is 0.173 e. The Hall–Kier alpha value is -1.06. The second kappa shape index (κ2) is 3.56. The summed E-state index contributed by atoms with van der Waals surface area (Å²) in [5, 5.41) is 0. The maximum Gasteiger partial charge on any atom is 0.274 e. The molecule has 0 N–H and O–H groups in total. The maximum atomic E-state index is 12.0. The van der Waals surface area contributed by atoms with Crippen LogP contribution in [0.1, 0.15) is 12.8 Å². The standard InChI is InChI=1S/C8H6F4/c9-7(10)5-3-1-2-4-6(5)8(11)12/h1-2H,3-4H2. The van der Waals surface area contributed by atoms with Crippen LogP contribution in [0, 0.1) is 0 Å². The highest BCUT2D eigenvalue weighted by Crippen LogP contribution is 2.31. The highest BCUT2D eigenvalue weighted by atomic mass is 19.3. The Morgan fingerprint density at radius 2 is 1.17 bits per heavy atom. The summed E-state index contributed by atoms with van der Waals surface area (Å²) in [5.74, 6) is 0. The van der Waals surface area contributed by atoms with E-state index in [0.717, 1.165) is 0 Å². The highest BCUT2D eigenvalue weighted by Gasteiger charge is 2.17. The summed E-state index contributed by atoms with van der Waals surface area (Å²) >= 11 is 0. The van der Waals surface area contributed by atoms with Gasteiger partial charge in [-0.25, -0.2) is 0 Å². The Balaban J connectivity index is 3.09. The highest BCUT2D eigenvalue weighted by molar-refractivity contribution is 5.38. The molecule has 4 heteroatoms. The number of hydrogen-bond donors (Lipinski definition) is 0. The molecule has 66 valence electrons. The minimum atomic E-state index is -2.01. The van der Waals surface area contributed by atoms with Crippen molar-refractivity contribution in [1.82, 2.24) is 0 Å². The van der Waals surface area contributed by atoms with E-state index in [9.17, 15) is 17.6 Å². The third kappa shape index (κ3) is 1.75. The lowest BCUT2D eigenvalue weighted by Crippen LogP contribution is -1.96. The van der Waals surface area contributed by atoms with Gasteiger partial charge in [-0.15, -0.1) is 0 Å². The predicted molar refractivity (Wildman–Crippen MR) is 36.9 cm³/mol. The Labute approximate surface area is 66.9 Å². The van der Waals surface area contributed by atoms with Gasteiger partial charge in [0.05, 0.1) is 0 Å². The molecule has 0 spiro atoms. The van der Waals surface area contributed by atoms with Gasteiger partial charge >= 0.3 is 0 Å². The van der Waals surface area contributed by atoms with Crippen molar-refractivity contribution in [3.05, 3.63) is 35.5 Å². The lowest BCUT2D eigenvalue weighted by atomic mass is 9.97. The average molecular weight is 178 g/mol. The van der Waals surface area contributed by atoms with Crippen molar-refractivity contribution >= 4 is 0 Å². The molecule has 1 aliphatic carbocycles. The van der Waals surface area contributed by atoms with Gasteiger partial charge in [0.2, 0.25) is 0 Å². The van der Waals surface area contributed by atoms with E-state index in [-0.39, 0.29) is 12.8 Å². The van der Waals surface area contributed by atoms with Crippen LogP contribution in [0.2, 0.25) is 0 Å². The van der Waals surface area contributed by atoms with Crippen molar-refractivity contribution < 1.29 is 17.6 Å². The molecule has 0 bridgehead atoms. The third-order valence-electron chi connectivity index (χ3n) is 1.63. The molecule has 0 nitrogen and oxygen atoms in total. The van der Waals surface area contributed by atoms with E-state index in [1.807, 2.05) is 0 Å². The van der Waals surface area contributed by atoms with Crippen molar-refractivity contribution in [3.63, 3.8) is 0 Å². The van der Waals surface area contributed by atoms with Crippen LogP contribution in [-0.4, -0.2) is 0 Å². The van der Waals surface area contributed by atoms with E-state index in [4.69, 9.17) is 0 Å². The molecule has 0 fully saturated rings. The normalized spacial score (nSPS) is 16.7. The molecule has 0 radical (unpaired) electrons. The van der Waals surface area contributed by atoms with Crippen LogP contribution < -0.4 is 0 Å². The van der Waals surface area contributed by atoms with Crippen molar-refractivity contribution in [2.75, 3.05) is 0 Å². The van der Waals surface area contributed by atoms with Gasteiger partial charge in [0.15, 0.2) is 0 Å². The quantitative estimate of drug-likeness (QED) is 0.392. The van der Waals surface area contributed by atoms with Gasteiger partial charge in [0.25, 0.3) is 12.2 Å². The van der Waals surface area contributed by atoms with E-state index < -0.39 is 23.3 Å². The fourth-order valence-electron chi connectivity index (χ4n) is 1.03. The van der Waals surface area contributed by atoms with Gasteiger partial charge < -0.3 is 0 Å².